The van der Waals surface area contributed by atoms with E-state index in [2.05, 4.69) is 34.3 Å². The molecule has 126 valence electrons. The largest absolute Gasteiger partial charge is 0.342 e. The molecule has 0 spiro atoms. The van der Waals surface area contributed by atoms with Crippen LogP contribution in [0.25, 0.3) is 0 Å². The molecule has 1 amide bonds. The third kappa shape index (κ3) is 3.91. The zero-order valence-electron chi connectivity index (χ0n) is 14.3. The number of carbonyl (C=O) groups excluding carboxylic acids is 1. The van der Waals surface area contributed by atoms with E-state index < -0.39 is 0 Å². The van der Waals surface area contributed by atoms with E-state index in [0.29, 0.717) is 12.4 Å². The molecular formula is C19H24N4O. The normalized spacial score (nSPS) is 17.6. The second-order valence-corrected chi connectivity index (χ2v) is 6.33. The molecule has 1 N–H and O–H groups in total. The Kier molecular flexibility index (Phi) is 5.08. The summed E-state index contributed by atoms with van der Waals surface area (Å²) in [7, 11) is 0. The number of piperidine rings is 1. The lowest BCUT2D eigenvalue weighted by atomic mass is 9.94. The van der Waals surface area contributed by atoms with Gasteiger partial charge in [0, 0.05) is 37.3 Å². The summed E-state index contributed by atoms with van der Waals surface area (Å²) >= 11 is 0. The van der Waals surface area contributed by atoms with Crippen LogP contribution in [-0.4, -0.2) is 33.9 Å². The first-order chi connectivity index (χ1) is 11.7. The molecule has 1 saturated heterocycles. The van der Waals surface area contributed by atoms with Crippen LogP contribution < -0.4 is 5.32 Å². The van der Waals surface area contributed by atoms with Crippen molar-refractivity contribution in [2.75, 3.05) is 18.4 Å². The van der Waals surface area contributed by atoms with E-state index in [4.69, 9.17) is 0 Å². The van der Waals surface area contributed by atoms with E-state index in [-0.39, 0.29) is 11.8 Å². The number of rotatable bonds is 4. The smallest absolute Gasteiger partial charge is 0.227 e. The summed E-state index contributed by atoms with van der Waals surface area (Å²) in [5.74, 6) is 1.12. The number of aryl methyl sites for hydroxylation is 1. The Morgan fingerprint density at radius 2 is 2.08 bits per heavy atom. The molecule has 0 unspecified atom stereocenters. The fraction of sp³-hybridized carbons (Fsp3) is 0.421. The second-order valence-electron chi connectivity index (χ2n) is 6.33. The summed E-state index contributed by atoms with van der Waals surface area (Å²) in [5.41, 5.74) is 3.20. The van der Waals surface area contributed by atoms with Gasteiger partial charge in [-0.2, -0.15) is 0 Å². The maximum atomic E-state index is 12.0. The lowest BCUT2D eigenvalue weighted by Gasteiger charge is -2.32. The molecule has 1 aliphatic heterocycles. The molecule has 5 heteroatoms. The minimum Gasteiger partial charge on any atom is -0.342 e. The highest BCUT2D eigenvalue weighted by Crippen LogP contribution is 2.26. The molecule has 3 rings (SSSR count). The van der Waals surface area contributed by atoms with Gasteiger partial charge in [0.25, 0.3) is 0 Å². The van der Waals surface area contributed by atoms with Gasteiger partial charge in [0.2, 0.25) is 11.9 Å². The van der Waals surface area contributed by atoms with Crippen LogP contribution in [0.15, 0.2) is 36.5 Å². The molecule has 1 aromatic carbocycles. The third-order valence-electron chi connectivity index (χ3n) is 4.48. The average molecular weight is 324 g/mol. The van der Waals surface area contributed by atoms with Crippen LogP contribution in [0.4, 0.5) is 11.6 Å². The number of aromatic nitrogens is 2. The maximum absolute atomic E-state index is 12.0. The van der Waals surface area contributed by atoms with Crippen molar-refractivity contribution in [1.29, 1.82) is 0 Å². The Hall–Kier alpha value is -2.43. The fourth-order valence-corrected chi connectivity index (χ4v) is 3.09. The number of likely N-dealkylation sites (tertiary alicyclic amines) is 1. The summed E-state index contributed by atoms with van der Waals surface area (Å²) in [4.78, 5) is 22.9. The molecule has 0 radical (unpaired) electrons. The molecule has 1 aliphatic rings. The number of amides is 1. The topological polar surface area (TPSA) is 58.1 Å². The van der Waals surface area contributed by atoms with Crippen LogP contribution in [0, 0.1) is 6.92 Å². The summed E-state index contributed by atoms with van der Waals surface area (Å²) in [5, 5.41) is 3.25. The van der Waals surface area contributed by atoms with Gasteiger partial charge in [0.05, 0.1) is 5.69 Å². The van der Waals surface area contributed by atoms with Gasteiger partial charge in [-0.15, -0.1) is 0 Å². The SMILES string of the molecule is CCC(=O)N1CCC[C@@H](c2ccnc(Nc3ccc(C)cc3)n2)C1. The molecule has 1 aromatic heterocycles. The first-order valence-electron chi connectivity index (χ1n) is 8.60. The molecule has 0 aliphatic carbocycles. The van der Waals surface area contributed by atoms with Gasteiger partial charge in [-0.25, -0.2) is 9.97 Å². The molecule has 0 saturated carbocycles. The van der Waals surface area contributed by atoms with E-state index in [1.54, 1.807) is 6.20 Å². The summed E-state index contributed by atoms with van der Waals surface area (Å²) in [6.07, 6.45) is 4.45. The lowest BCUT2D eigenvalue weighted by Crippen LogP contribution is -2.38. The molecule has 1 atom stereocenters. The number of nitrogens with zero attached hydrogens (tertiary/aromatic N) is 3. The molecule has 2 aromatic rings. The Labute approximate surface area is 143 Å². The molecule has 2 heterocycles. The first kappa shape index (κ1) is 16.4. The first-order valence-corrected chi connectivity index (χ1v) is 8.60. The second kappa shape index (κ2) is 7.43. The lowest BCUT2D eigenvalue weighted by molar-refractivity contribution is -0.132. The summed E-state index contributed by atoms with van der Waals surface area (Å²) in [6.45, 7) is 5.60. The van der Waals surface area contributed by atoms with Crippen molar-refractivity contribution in [2.24, 2.45) is 0 Å². The van der Waals surface area contributed by atoms with Crippen molar-refractivity contribution < 1.29 is 4.79 Å². The number of carbonyl (C=O) groups is 1. The Balaban J connectivity index is 1.72. The number of nitrogens with one attached hydrogen (secondary N) is 1. The maximum Gasteiger partial charge on any atom is 0.227 e. The number of benzene rings is 1. The van der Waals surface area contributed by atoms with Gasteiger partial charge < -0.3 is 10.2 Å². The van der Waals surface area contributed by atoms with Gasteiger partial charge in [-0.05, 0) is 38.0 Å². The predicted octanol–water partition coefficient (Wildman–Crippen LogP) is 3.64. The highest BCUT2D eigenvalue weighted by molar-refractivity contribution is 5.76. The van der Waals surface area contributed by atoms with Crippen LogP contribution in [0.2, 0.25) is 0 Å². The molecule has 24 heavy (non-hydrogen) atoms. The van der Waals surface area contributed by atoms with Crippen molar-refractivity contribution >= 4 is 17.5 Å². The number of hydrogen-bond acceptors (Lipinski definition) is 4. The Bertz CT molecular complexity index is 699. The number of anilines is 2. The molecule has 1 fully saturated rings. The van der Waals surface area contributed by atoms with Gasteiger partial charge in [0.15, 0.2) is 0 Å². The Morgan fingerprint density at radius 3 is 2.83 bits per heavy atom. The Morgan fingerprint density at radius 1 is 1.29 bits per heavy atom. The van der Waals surface area contributed by atoms with Gasteiger partial charge in [-0.1, -0.05) is 24.6 Å². The third-order valence-corrected chi connectivity index (χ3v) is 4.48. The summed E-state index contributed by atoms with van der Waals surface area (Å²) in [6, 6.07) is 10.1. The van der Waals surface area contributed by atoms with Crippen LogP contribution in [0.5, 0.6) is 0 Å². The van der Waals surface area contributed by atoms with E-state index in [9.17, 15) is 4.79 Å². The fourth-order valence-electron chi connectivity index (χ4n) is 3.09. The van der Waals surface area contributed by atoms with E-state index in [1.807, 2.05) is 30.0 Å². The zero-order valence-corrected chi connectivity index (χ0v) is 14.3. The predicted molar refractivity (Wildman–Crippen MR) is 95.3 cm³/mol. The standard InChI is InChI=1S/C19H24N4O/c1-3-18(24)23-12-4-5-15(13-23)17-10-11-20-19(22-17)21-16-8-6-14(2)7-9-16/h6-11,15H,3-5,12-13H2,1-2H3,(H,20,21,22)/t15-/m1/s1. The summed E-state index contributed by atoms with van der Waals surface area (Å²) < 4.78 is 0. The van der Waals surface area contributed by atoms with Crippen LogP contribution in [0.3, 0.4) is 0 Å². The molecule has 5 nitrogen and oxygen atoms in total. The quantitative estimate of drug-likeness (QED) is 0.933. The monoisotopic (exact) mass is 324 g/mol. The van der Waals surface area contributed by atoms with Gasteiger partial charge in [0.1, 0.15) is 0 Å². The minimum atomic E-state index is 0.228. The van der Waals surface area contributed by atoms with Crippen molar-refractivity contribution in [3.63, 3.8) is 0 Å². The van der Waals surface area contributed by atoms with Crippen LogP contribution in [-0.2, 0) is 4.79 Å². The van der Waals surface area contributed by atoms with Gasteiger partial charge >= 0.3 is 0 Å². The van der Waals surface area contributed by atoms with Crippen molar-refractivity contribution in [2.45, 2.75) is 39.0 Å². The van der Waals surface area contributed by atoms with E-state index >= 15 is 0 Å². The molecular weight excluding hydrogens is 300 g/mol. The molecule has 0 bridgehead atoms. The minimum absolute atomic E-state index is 0.228. The van der Waals surface area contributed by atoms with Crippen LogP contribution in [0.1, 0.15) is 43.4 Å². The van der Waals surface area contributed by atoms with E-state index in [1.165, 1.54) is 5.56 Å². The average Bonchev–Trinajstić information content (AvgIpc) is 2.63. The number of hydrogen-bond donors (Lipinski definition) is 1. The van der Waals surface area contributed by atoms with Crippen molar-refractivity contribution in [3.8, 4) is 0 Å². The van der Waals surface area contributed by atoms with Gasteiger partial charge in [-0.3, -0.25) is 4.79 Å². The van der Waals surface area contributed by atoms with Crippen LogP contribution >= 0.6 is 0 Å². The highest BCUT2D eigenvalue weighted by atomic mass is 16.2. The van der Waals surface area contributed by atoms with Crippen molar-refractivity contribution in [3.05, 3.63) is 47.8 Å². The van der Waals surface area contributed by atoms with Crippen molar-refractivity contribution in [1.82, 2.24) is 14.9 Å². The van der Waals surface area contributed by atoms with E-state index in [0.717, 1.165) is 37.3 Å². The highest BCUT2D eigenvalue weighted by Gasteiger charge is 2.25. The zero-order chi connectivity index (χ0) is 16.9.